The second-order valence-corrected chi connectivity index (χ2v) is 5.14. The van der Waals surface area contributed by atoms with E-state index in [0.717, 1.165) is 29.2 Å². The molecule has 4 nitrogen and oxygen atoms in total. The minimum Gasteiger partial charge on any atom is -0.455 e. The number of rotatable bonds is 6. The lowest BCUT2D eigenvalue weighted by molar-refractivity contribution is -0.677. The lowest BCUT2D eigenvalue weighted by atomic mass is 10.1. The fourth-order valence-electron chi connectivity index (χ4n) is 2.04. The molecule has 0 unspecified atom stereocenters. The highest BCUT2D eigenvalue weighted by Crippen LogP contribution is 2.23. The Kier molecular flexibility index (Phi) is 4.95. The van der Waals surface area contributed by atoms with Crippen molar-refractivity contribution in [1.82, 2.24) is 0 Å². The van der Waals surface area contributed by atoms with E-state index in [1.54, 1.807) is 13.8 Å². The van der Waals surface area contributed by atoms with Gasteiger partial charge < -0.3 is 19.9 Å². The average Bonchev–Trinajstić information content (AvgIpc) is 2.87. The zero-order chi connectivity index (χ0) is 14.5. The standard InChI is InChI=1S/C16H21NO3/c1-11(18)9-17-10-15-7-8-16(20-15)14-5-3-13(4-6-14)12(2)19/h3-8,11-12,17-19H,9-10H2,1-2H3/p+1/t11-,12+/m1/s1. The van der Waals surface area contributed by atoms with Gasteiger partial charge in [0.2, 0.25) is 0 Å². The van der Waals surface area contributed by atoms with Crippen LogP contribution < -0.4 is 5.32 Å². The van der Waals surface area contributed by atoms with E-state index < -0.39 is 6.10 Å². The van der Waals surface area contributed by atoms with Gasteiger partial charge in [0.05, 0.1) is 12.2 Å². The predicted octanol–water partition coefficient (Wildman–Crippen LogP) is 1.44. The first-order chi connectivity index (χ1) is 9.56. The molecule has 2 atom stereocenters. The van der Waals surface area contributed by atoms with Gasteiger partial charge in [-0.05, 0) is 31.5 Å². The molecule has 4 N–H and O–H groups in total. The van der Waals surface area contributed by atoms with Crippen LogP contribution in [0.2, 0.25) is 0 Å². The molecule has 0 saturated carbocycles. The molecule has 108 valence electrons. The molecule has 0 aliphatic carbocycles. The third-order valence-corrected chi connectivity index (χ3v) is 3.19. The van der Waals surface area contributed by atoms with Crippen molar-refractivity contribution < 1.29 is 19.9 Å². The third-order valence-electron chi connectivity index (χ3n) is 3.19. The molecule has 0 aliphatic rings. The van der Waals surface area contributed by atoms with Gasteiger partial charge in [-0.2, -0.15) is 0 Å². The van der Waals surface area contributed by atoms with Gasteiger partial charge in [-0.3, -0.25) is 0 Å². The smallest absolute Gasteiger partial charge is 0.158 e. The molecule has 0 bridgehead atoms. The monoisotopic (exact) mass is 276 g/mol. The first-order valence-electron chi connectivity index (χ1n) is 6.93. The van der Waals surface area contributed by atoms with Crippen molar-refractivity contribution >= 4 is 0 Å². The quantitative estimate of drug-likeness (QED) is 0.748. The molecule has 1 aromatic carbocycles. The number of hydrogen-bond donors (Lipinski definition) is 3. The van der Waals surface area contributed by atoms with Crippen LogP contribution in [0.4, 0.5) is 0 Å². The maximum absolute atomic E-state index is 9.48. The van der Waals surface area contributed by atoms with Crippen molar-refractivity contribution in [2.75, 3.05) is 6.54 Å². The Balaban J connectivity index is 2.01. The molecule has 0 aliphatic heterocycles. The summed E-state index contributed by atoms with van der Waals surface area (Å²) in [5.41, 5.74) is 1.89. The molecule has 2 aromatic rings. The number of hydrogen-bond acceptors (Lipinski definition) is 3. The molecule has 0 saturated heterocycles. The molecule has 0 spiro atoms. The Bertz CT molecular complexity index is 529. The van der Waals surface area contributed by atoms with Gasteiger partial charge in [-0.15, -0.1) is 0 Å². The van der Waals surface area contributed by atoms with Crippen LogP contribution >= 0.6 is 0 Å². The van der Waals surface area contributed by atoms with E-state index in [9.17, 15) is 10.2 Å². The van der Waals surface area contributed by atoms with Crippen LogP contribution in [0.3, 0.4) is 0 Å². The van der Waals surface area contributed by atoms with Crippen molar-refractivity contribution in [3.63, 3.8) is 0 Å². The molecule has 0 radical (unpaired) electrons. The summed E-state index contributed by atoms with van der Waals surface area (Å²) in [6.45, 7) is 4.90. The predicted molar refractivity (Wildman–Crippen MR) is 77.0 cm³/mol. The molecular formula is C16H22NO3+. The van der Waals surface area contributed by atoms with Gasteiger partial charge in [-0.25, -0.2) is 0 Å². The highest BCUT2D eigenvalue weighted by Gasteiger charge is 2.08. The Labute approximate surface area is 119 Å². The van der Waals surface area contributed by atoms with E-state index >= 15 is 0 Å². The minimum atomic E-state index is -0.453. The van der Waals surface area contributed by atoms with E-state index in [-0.39, 0.29) is 6.10 Å². The van der Waals surface area contributed by atoms with Gasteiger partial charge in [0.25, 0.3) is 0 Å². The van der Waals surface area contributed by atoms with Crippen LogP contribution in [-0.2, 0) is 6.54 Å². The molecule has 4 heteroatoms. The minimum absolute atomic E-state index is 0.308. The van der Waals surface area contributed by atoms with Gasteiger partial charge in [0.1, 0.15) is 18.8 Å². The third kappa shape index (κ3) is 3.93. The fraction of sp³-hybridized carbons (Fsp3) is 0.375. The molecule has 20 heavy (non-hydrogen) atoms. The molecule has 0 fully saturated rings. The molecule has 1 aromatic heterocycles. The second kappa shape index (κ2) is 6.70. The molecule has 1 heterocycles. The van der Waals surface area contributed by atoms with Crippen LogP contribution in [0.25, 0.3) is 11.3 Å². The number of benzene rings is 1. The molecular weight excluding hydrogens is 254 g/mol. The topological polar surface area (TPSA) is 70.2 Å². The molecule has 2 rings (SSSR count). The van der Waals surface area contributed by atoms with Gasteiger partial charge in [-0.1, -0.05) is 24.3 Å². The van der Waals surface area contributed by atoms with Crippen LogP contribution in [-0.4, -0.2) is 22.9 Å². The Morgan fingerprint density at radius 1 is 1.05 bits per heavy atom. The lowest BCUT2D eigenvalue weighted by Gasteiger charge is -2.05. The van der Waals surface area contributed by atoms with Gasteiger partial charge in [0.15, 0.2) is 5.76 Å². The van der Waals surface area contributed by atoms with Crippen molar-refractivity contribution in [2.24, 2.45) is 0 Å². The Morgan fingerprint density at radius 2 is 1.75 bits per heavy atom. The normalized spacial score (nSPS) is 14.2. The number of furan rings is 1. The summed E-state index contributed by atoms with van der Waals surface area (Å²) in [6.07, 6.45) is -0.760. The fourth-order valence-corrected chi connectivity index (χ4v) is 2.04. The van der Waals surface area contributed by atoms with E-state index in [4.69, 9.17) is 4.42 Å². The average molecular weight is 276 g/mol. The van der Waals surface area contributed by atoms with E-state index in [1.807, 2.05) is 41.7 Å². The highest BCUT2D eigenvalue weighted by molar-refractivity contribution is 5.58. The lowest BCUT2D eigenvalue weighted by Crippen LogP contribution is -2.84. The SMILES string of the molecule is C[C@H](O)c1ccc(-c2ccc(C[NH2+]C[C@@H](C)O)o2)cc1. The van der Waals surface area contributed by atoms with E-state index in [2.05, 4.69) is 0 Å². The van der Waals surface area contributed by atoms with Crippen molar-refractivity contribution in [3.05, 3.63) is 47.7 Å². The van der Waals surface area contributed by atoms with Crippen LogP contribution in [0.1, 0.15) is 31.3 Å². The highest BCUT2D eigenvalue weighted by atomic mass is 16.3. The summed E-state index contributed by atoms with van der Waals surface area (Å²) < 4.78 is 5.78. The largest absolute Gasteiger partial charge is 0.455 e. The van der Waals surface area contributed by atoms with E-state index in [0.29, 0.717) is 6.54 Å². The Hall–Kier alpha value is -1.62. The molecule has 0 amide bonds. The summed E-state index contributed by atoms with van der Waals surface area (Å²) >= 11 is 0. The van der Waals surface area contributed by atoms with Crippen molar-refractivity contribution in [2.45, 2.75) is 32.6 Å². The number of aliphatic hydroxyl groups is 2. The van der Waals surface area contributed by atoms with Crippen LogP contribution in [0, 0.1) is 0 Å². The summed E-state index contributed by atoms with van der Waals surface area (Å²) in [5.74, 6) is 1.71. The Morgan fingerprint density at radius 3 is 2.35 bits per heavy atom. The summed E-state index contributed by atoms with van der Waals surface area (Å²) in [6, 6.07) is 11.6. The van der Waals surface area contributed by atoms with Gasteiger partial charge in [0, 0.05) is 5.56 Å². The maximum Gasteiger partial charge on any atom is 0.158 e. The summed E-state index contributed by atoms with van der Waals surface area (Å²) in [4.78, 5) is 0. The zero-order valence-electron chi connectivity index (χ0n) is 11.9. The maximum atomic E-state index is 9.48. The summed E-state index contributed by atoms with van der Waals surface area (Å²) in [5, 5.41) is 20.7. The first kappa shape index (κ1) is 14.8. The van der Waals surface area contributed by atoms with Crippen molar-refractivity contribution in [3.8, 4) is 11.3 Å². The number of aliphatic hydroxyl groups excluding tert-OH is 2. The first-order valence-corrected chi connectivity index (χ1v) is 6.93. The van der Waals surface area contributed by atoms with Crippen LogP contribution in [0.5, 0.6) is 0 Å². The summed E-state index contributed by atoms with van der Waals surface area (Å²) in [7, 11) is 0. The van der Waals surface area contributed by atoms with Crippen molar-refractivity contribution in [1.29, 1.82) is 0 Å². The van der Waals surface area contributed by atoms with E-state index in [1.165, 1.54) is 0 Å². The zero-order valence-corrected chi connectivity index (χ0v) is 11.9. The number of quaternary nitrogens is 1. The van der Waals surface area contributed by atoms with Crippen LogP contribution in [0.15, 0.2) is 40.8 Å². The second-order valence-electron chi connectivity index (χ2n) is 5.14. The number of nitrogens with two attached hydrogens (primary N) is 1. The van der Waals surface area contributed by atoms with Gasteiger partial charge >= 0.3 is 0 Å².